The van der Waals surface area contributed by atoms with Crippen molar-refractivity contribution in [3.05, 3.63) is 52.1 Å². The molecule has 1 aliphatic rings. The van der Waals surface area contributed by atoms with E-state index in [0.29, 0.717) is 16.4 Å². The van der Waals surface area contributed by atoms with Gasteiger partial charge in [0.05, 0.1) is 24.4 Å². The number of H-pyrrole nitrogens is 1. The molecule has 1 aromatic carbocycles. The number of hydrogen-bond donors (Lipinski definition) is 4. The second kappa shape index (κ2) is 11.9. The number of aromatic amines is 1. The predicted octanol–water partition coefficient (Wildman–Crippen LogP) is 0.207. The van der Waals surface area contributed by atoms with E-state index in [0.717, 1.165) is 6.21 Å². The molecule has 4 rings (SSSR count). The number of carbonyl (C=O) groups excluding carboxylic acids is 4. The smallest absolute Gasteiger partial charge is 0.333 e. The lowest BCUT2D eigenvalue weighted by atomic mass is 10.1. The highest BCUT2D eigenvalue weighted by atomic mass is 16.7. The Morgan fingerprint density at radius 3 is 2.52 bits per heavy atom. The number of nitrogen functional groups attached to an aromatic ring is 1. The molecule has 1 aliphatic heterocycles. The number of nitrogens with zero attached hydrogens (tertiary/aromatic N) is 5. The number of carboxylic acids is 1. The summed E-state index contributed by atoms with van der Waals surface area (Å²) in [6.45, 7) is 0.209. The molecule has 1 fully saturated rings. The van der Waals surface area contributed by atoms with Crippen molar-refractivity contribution < 1.29 is 33.9 Å². The zero-order valence-corrected chi connectivity index (χ0v) is 20.7. The Morgan fingerprint density at radius 2 is 1.85 bits per heavy atom. The summed E-state index contributed by atoms with van der Waals surface area (Å²) < 4.78 is 0. The second-order valence-corrected chi connectivity index (χ2v) is 8.53. The number of benzene rings is 1. The van der Waals surface area contributed by atoms with E-state index in [4.69, 9.17) is 10.6 Å². The van der Waals surface area contributed by atoms with Gasteiger partial charge >= 0.3 is 11.9 Å². The molecule has 3 heterocycles. The van der Waals surface area contributed by atoms with E-state index in [-0.39, 0.29) is 48.5 Å². The summed E-state index contributed by atoms with van der Waals surface area (Å²) in [6.07, 6.45) is 1.54. The van der Waals surface area contributed by atoms with Gasteiger partial charge < -0.3 is 21.0 Å². The van der Waals surface area contributed by atoms with E-state index in [9.17, 15) is 33.9 Å². The average Bonchev–Trinajstić information content (AvgIpc) is 3.24. The number of anilines is 2. The molecule has 0 aliphatic carbocycles. The van der Waals surface area contributed by atoms with E-state index in [2.05, 4.69) is 30.2 Å². The molecule has 1 atom stereocenters. The number of hydrogen-bond acceptors (Lipinski definition) is 12. The van der Waals surface area contributed by atoms with Crippen LogP contribution in [0.2, 0.25) is 0 Å². The van der Waals surface area contributed by atoms with Crippen molar-refractivity contribution >= 4 is 58.7 Å². The quantitative estimate of drug-likeness (QED) is 0.195. The zero-order chi connectivity index (χ0) is 28.8. The SMILES string of the molecule is Nc1nc2ncc(CNc3ccc(C(=O)N=CC(CCC(=O)ON4C(=O)CCC4=O)C(=O)O)cc3)nc2c(=O)[nH]1. The highest BCUT2D eigenvalue weighted by Crippen LogP contribution is 2.15. The molecule has 5 N–H and O–H groups in total. The summed E-state index contributed by atoms with van der Waals surface area (Å²) in [5.41, 5.74) is 6.39. The first-order chi connectivity index (χ1) is 19.1. The van der Waals surface area contributed by atoms with Crippen LogP contribution < -0.4 is 16.6 Å². The summed E-state index contributed by atoms with van der Waals surface area (Å²) in [6, 6.07) is 6.14. The van der Waals surface area contributed by atoms with Crippen LogP contribution in [-0.2, 0) is 30.6 Å². The summed E-state index contributed by atoms with van der Waals surface area (Å²) in [5.74, 6) is -5.64. The molecule has 0 bridgehead atoms. The first-order valence-corrected chi connectivity index (χ1v) is 11.8. The largest absolute Gasteiger partial charge is 0.481 e. The van der Waals surface area contributed by atoms with Gasteiger partial charge in [-0.2, -0.15) is 4.98 Å². The van der Waals surface area contributed by atoms with Gasteiger partial charge in [-0.25, -0.2) is 19.8 Å². The molecule has 16 nitrogen and oxygen atoms in total. The lowest BCUT2D eigenvalue weighted by Gasteiger charge is -2.13. The average molecular weight is 550 g/mol. The van der Waals surface area contributed by atoms with Crippen LogP contribution in [0.4, 0.5) is 11.6 Å². The Hall–Kier alpha value is -5.54. The van der Waals surface area contributed by atoms with Crippen LogP contribution in [0.15, 0.2) is 40.2 Å². The highest BCUT2D eigenvalue weighted by molar-refractivity contribution is 6.03. The fourth-order valence-electron chi connectivity index (χ4n) is 3.55. The standard InChI is InChI=1S/C24H22N8O8/c25-24-30-20-19(22(37)31-24)29-15(11-27-20)10-26-14-4-1-12(2-5-14)21(36)28-9-13(23(38)39)3-8-18(35)40-32-16(33)6-7-17(32)34/h1-2,4-5,9,11,13,26H,3,6-8,10H2,(H,38,39)(H3,25,27,30,31,37). The first kappa shape index (κ1) is 27.5. The van der Waals surface area contributed by atoms with Crippen LogP contribution in [0.25, 0.3) is 11.2 Å². The van der Waals surface area contributed by atoms with Gasteiger partial charge in [-0.05, 0) is 30.7 Å². The van der Waals surface area contributed by atoms with Crippen LogP contribution in [0, 0.1) is 5.92 Å². The zero-order valence-electron chi connectivity index (χ0n) is 20.7. The Morgan fingerprint density at radius 1 is 1.15 bits per heavy atom. The lowest BCUT2D eigenvalue weighted by molar-refractivity contribution is -0.197. The number of fused-ring (bicyclic) bond motifs is 1. The third-order valence-electron chi connectivity index (χ3n) is 5.64. The van der Waals surface area contributed by atoms with Gasteiger partial charge in [0.15, 0.2) is 11.2 Å². The molecule has 3 amide bonds. The molecule has 16 heteroatoms. The van der Waals surface area contributed by atoms with Gasteiger partial charge in [-0.1, -0.05) is 0 Å². The molecule has 3 aromatic rings. The Bertz CT molecular complexity index is 1570. The van der Waals surface area contributed by atoms with Crippen LogP contribution in [-0.4, -0.2) is 66.0 Å². The predicted molar refractivity (Wildman–Crippen MR) is 136 cm³/mol. The van der Waals surface area contributed by atoms with E-state index >= 15 is 0 Å². The number of carbonyl (C=O) groups is 5. The maximum Gasteiger partial charge on any atom is 0.333 e. The highest BCUT2D eigenvalue weighted by Gasteiger charge is 2.33. The van der Waals surface area contributed by atoms with Crippen LogP contribution in [0.3, 0.4) is 0 Å². The maximum absolute atomic E-state index is 12.4. The van der Waals surface area contributed by atoms with Crippen molar-refractivity contribution in [2.45, 2.75) is 32.2 Å². The van der Waals surface area contributed by atoms with Crippen molar-refractivity contribution in [3.63, 3.8) is 0 Å². The van der Waals surface area contributed by atoms with Gasteiger partial charge in [0.1, 0.15) is 0 Å². The van der Waals surface area contributed by atoms with Crippen molar-refractivity contribution in [1.29, 1.82) is 0 Å². The number of aliphatic imine (C=N–C) groups is 1. The van der Waals surface area contributed by atoms with E-state index in [1.807, 2.05) is 0 Å². The van der Waals surface area contributed by atoms with E-state index in [1.165, 1.54) is 18.3 Å². The van der Waals surface area contributed by atoms with Crippen molar-refractivity contribution in [1.82, 2.24) is 25.0 Å². The van der Waals surface area contributed by atoms with Gasteiger partial charge in [0, 0.05) is 36.7 Å². The Kier molecular flexibility index (Phi) is 8.17. The number of aromatic nitrogens is 4. The normalized spacial score (nSPS) is 14.1. The molecule has 2 aromatic heterocycles. The molecular formula is C24H22N8O8. The van der Waals surface area contributed by atoms with E-state index in [1.54, 1.807) is 12.1 Å². The van der Waals surface area contributed by atoms with Gasteiger partial charge in [-0.3, -0.25) is 29.0 Å². The number of amides is 3. The monoisotopic (exact) mass is 550 g/mol. The summed E-state index contributed by atoms with van der Waals surface area (Å²) in [5, 5.41) is 12.8. The van der Waals surface area contributed by atoms with Crippen molar-refractivity contribution in [3.8, 4) is 0 Å². The minimum absolute atomic E-state index is 0.0423. The number of imide groups is 1. The minimum Gasteiger partial charge on any atom is -0.481 e. The first-order valence-electron chi connectivity index (χ1n) is 11.8. The number of aliphatic carboxylic acids is 1. The molecule has 0 radical (unpaired) electrons. The number of rotatable bonds is 10. The molecule has 1 unspecified atom stereocenters. The molecule has 206 valence electrons. The van der Waals surface area contributed by atoms with Gasteiger partial charge in [-0.15, -0.1) is 5.06 Å². The number of hydroxylamine groups is 2. The Balaban J connectivity index is 1.30. The van der Waals surface area contributed by atoms with E-state index < -0.39 is 47.6 Å². The van der Waals surface area contributed by atoms with Crippen LogP contribution in [0.5, 0.6) is 0 Å². The van der Waals surface area contributed by atoms with Crippen molar-refractivity contribution in [2.24, 2.45) is 10.9 Å². The topological polar surface area (TPSA) is 240 Å². The minimum atomic E-state index is -1.32. The summed E-state index contributed by atoms with van der Waals surface area (Å²) in [4.78, 5) is 93.9. The molecule has 40 heavy (non-hydrogen) atoms. The lowest BCUT2D eigenvalue weighted by Crippen LogP contribution is -2.32. The van der Waals surface area contributed by atoms with Gasteiger partial charge in [0.2, 0.25) is 5.95 Å². The third kappa shape index (κ3) is 6.66. The number of carboxylic acid groups (broad SMARTS) is 1. The molecule has 0 saturated carbocycles. The summed E-state index contributed by atoms with van der Waals surface area (Å²) in [7, 11) is 0. The number of nitrogens with one attached hydrogen (secondary N) is 2. The molecule has 0 spiro atoms. The number of nitrogens with two attached hydrogens (primary N) is 1. The molecular weight excluding hydrogens is 528 g/mol. The maximum atomic E-state index is 12.4. The Labute approximate surface area is 224 Å². The molecule has 1 saturated heterocycles. The van der Waals surface area contributed by atoms with Crippen molar-refractivity contribution in [2.75, 3.05) is 11.1 Å². The van der Waals surface area contributed by atoms with Crippen LogP contribution >= 0.6 is 0 Å². The fraction of sp³-hybridized carbons (Fsp3) is 0.250. The van der Waals surface area contributed by atoms with Gasteiger partial charge in [0.25, 0.3) is 23.3 Å². The second-order valence-electron chi connectivity index (χ2n) is 8.53. The summed E-state index contributed by atoms with van der Waals surface area (Å²) >= 11 is 0. The third-order valence-corrected chi connectivity index (χ3v) is 5.64. The fourth-order valence-corrected chi connectivity index (χ4v) is 3.55. The van der Waals surface area contributed by atoms with Crippen LogP contribution in [0.1, 0.15) is 41.7 Å².